The Balaban J connectivity index is 1.67. The number of aromatic amines is 1. The highest BCUT2D eigenvalue weighted by atomic mass is 32.2. The highest BCUT2D eigenvalue weighted by molar-refractivity contribution is 7.99. The predicted octanol–water partition coefficient (Wildman–Crippen LogP) is 4.32. The molecule has 0 amide bonds. The van der Waals surface area contributed by atoms with Gasteiger partial charge in [0.05, 0.1) is 26.7 Å². The van der Waals surface area contributed by atoms with E-state index in [9.17, 15) is 4.79 Å². The molecule has 0 bridgehead atoms. The number of fused-ring (bicyclic) bond motifs is 2. The van der Waals surface area contributed by atoms with Crippen LogP contribution in [0.5, 0.6) is 0 Å². The molecule has 0 aliphatic carbocycles. The number of hydrogen-bond donors (Lipinski definition) is 1. The summed E-state index contributed by atoms with van der Waals surface area (Å²) in [5, 5.41) is 2.64. The fraction of sp³-hybridized carbons (Fsp3) is 0.105. The summed E-state index contributed by atoms with van der Waals surface area (Å²) in [4.78, 5) is 24.4. The van der Waals surface area contributed by atoms with E-state index < -0.39 is 0 Å². The van der Waals surface area contributed by atoms with Crippen LogP contribution in [-0.4, -0.2) is 15.0 Å². The van der Waals surface area contributed by atoms with E-state index in [1.54, 1.807) is 17.8 Å². The topological polar surface area (TPSA) is 58.6 Å². The van der Waals surface area contributed by atoms with Crippen LogP contribution in [0.1, 0.15) is 18.0 Å². The molecule has 0 saturated carbocycles. The summed E-state index contributed by atoms with van der Waals surface area (Å²) in [7, 11) is 0. The molecule has 4 nitrogen and oxygen atoms in total. The number of benzene rings is 2. The van der Waals surface area contributed by atoms with Crippen molar-refractivity contribution in [1.82, 2.24) is 15.0 Å². The summed E-state index contributed by atoms with van der Waals surface area (Å²) >= 11 is 1.59. The van der Waals surface area contributed by atoms with Crippen molar-refractivity contribution in [2.75, 3.05) is 0 Å². The van der Waals surface area contributed by atoms with Gasteiger partial charge < -0.3 is 4.98 Å². The Morgan fingerprint density at radius 3 is 2.54 bits per heavy atom. The first kappa shape index (κ1) is 14.9. The minimum absolute atomic E-state index is 0.00373. The number of nitrogens with zero attached hydrogens (tertiary/aromatic N) is 2. The van der Waals surface area contributed by atoms with E-state index in [2.05, 4.69) is 21.0 Å². The molecule has 2 aromatic carbocycles. The zero-order valence-electron chi connectivity index (χ0n) is 13.1. The van der Waals surface area contributed by atoms with Gasteiger partial charge in [0.2, 0.25) is 0 Å². The Labute approximate surface area is 143 Å². The summed E-state index contributed by atoms with van der Waals surface area (Å²) in [5.74, 6) is 0.665. The smallest absolute Gasteiger partial charge is 0.258 e. The molecular weight excluding hydrogens is 318 g/mol. The van der Waals surface area contributed by atoms with Crippen LogP contribution in [-0.2, 0) is 0 Å². The number of nitrogens with one attached hydrogen (secondary N) is 1. The van der Waals surface area contributed by atoms with Crippen molar-refractivity contribution in [1.29, 1.82) is 0 Å². The summed E-state index contributed by atoms with van der Waals surface area (Å²) < 4.78 is 0. The number of hydrogen-bond acceptors (Lipinski definition) is 4. The minimum Gasteiger partial charge on any atom is -0.309 e. The predicted molar refractivity (Wildman–Crippen MR) is 98.4 cm³/mol. The van der Waals surface area contributed by atoms with E-state index >= 15 is 0 Å². The number of pyridine rings is 1. The van der Waals surface area contributed by atoms with Crippen LogP contribution >= 0.6 is 11.8 Å². The van der Waals surface area contributed by atoms with E-state index in [0.29, 0.717) is 11.2 Å². The van der Waals surface area contributed by atoms with Gasteiger partial charge in [0.25, 0.3) is 5.56 Å². The Kier molecular flexibility index (Phi) is 3.78. The quantitative estimate of drug-likeness (QED) is 0.567. The summed E-state index contributed by atoms with van der Waals surface area (Å²) in [6.45, 7) is 2.02. The fourth-order valence-electron chi connectivity index (χ4n) is 2.65. The van der Waals surface area contributed by atoms with Crippen LogP contribution in [0.25, 0.3) is 21.8 Å². The first-order valence-electron chi connectivity index (χ1n) is 7.72. The standard InChI is InChI=1S/C19H15N3OS/c1-12(18-21-16-9-5-3-7-14(16)19(23)22-18)24-17-11-10-13-6-2-4-8-15(13)20-17/h2-12H,1H3,(H,21,22,23). The third-order valence-corrected chi connectivity index (χ3v) is 4.93. The molecule has 4 aromatic rings. The summed E-state index contributed by atoms with van der Waals surface area (Å²) in [6.07, 6.45) is 0. The molecule has 24 heavy (non-hydrogen) atoms. The Morgan fingerprint density at radius 1 is 0.917 bits per heavy atom. The summed E-state index contributed by atoms with van der Waals surface area (Å²) in [5.41, 5.74) is 1.58. The van der Waals surface area contributed by atoms with E-state index in [1.165, 1.54) is 0 Å². The highest BCUT2D eigenvalue weighted by Crippen LogP contribution is 2.32. The molecule has 5 heteroatoms. The molecule has 1 unspecified atom stereocenters. The van der Waals surface area contributed by atoms with Gasteiger partial charge in [-0.25, -0.2) is 9.97 Å². The molecule has 1 N–H and O–H groups in total. The number of aromatic nitrogens is 3. The lowest BCUT2D eigenvalue weighted by molar-refractivity contribution is 0.919. The zero-order chi connectivity index (χ0) is 16.5. The summed E-state index contributed by atoms with van der Waals surface area (Å²) in [6, 6.07) is 19.5. The lowest BCUT2D eigenvalue weighted by atomic mass is 10.2. The van der Waals surface area contributed by atoms with Gasteiger partial charge in [-0.2, -0.15) is 0 Å². The van der Waals surface area contributed by atoms with Crippen molar-refractivity contribution in [3.63, 3.8) is 0 Å². The van der Waals surface area contributed by atoms with Gasteiger partial charge in [-0.3, -0.25) is 4.79 Å². The molecule has 0 aliphatic rings. The molecule has 0 saturated heterocycles. The molecule has 2 aromatic heterocycles. The van der Waals surface area contributed by atoms with Gasteiger partial charge in [-0.1, -0.05) is 48.2 Å². The second kappa shape index (κ2) is 6.09. The van der Waals surface area contributed by atoms with Crippen molar-refractivity contribution in [2.24, 2.45) is 0 Å². The number of rotatable bonds is 3. The van der Waals surface area contributed by atoms with Crippen molar-refractivity contribution in [2.45, 2.75) is 17.2 Å². The Hall–Kier alpha value is -2.66. The van der Waals surface area contributed by atoms with Gasteiger partial charge in [-0.05, 0) is 31.2 Å². The largest absolute Gasteiger partial charge is 0.309 e. The first-order chi connectivity index (χ1) is 11.7. The maximum absolute atomic E-state index is 12.2. The molecule has 0 spiro atoms. The maximum Gasteiger partial charge on any atom is 0.258 e. The molecule has 0 radical (unpaired) electrons. The van der Waals surface area contributed by atoms with Gasteiger partial charge in [-0.15, -0.1) is 0 Å². The normalized spacial score (nSPS) is 12.5. The molecular formula is C19H15N3OS. The molecule has 118 valence electrons. The van der Waals surface area contributed by atoms with E-state index in [0.717, 1.165) is 21.4 Å². The molecule has 0 aliphatic heterocycles. The molecule has 2 heterocycles. The van der Waals surface area contributed by atoms with Crippen LogP contribution in [0.4, 0.5) is 0 Å². The molecule has 0 fully saturated rings. The zero-order valence-corrected chi connectivity index (χ0v) is 13.9. The van der Waals surface area contributed by atoms with Crippen LogP contribution < -0.4 is 5.56 Å². The van der Waals surface area contributed by atoms with Crippen molar-refractivity contribution >= 4 is 33.6 Å². The molecule has 4 rings (SSSR count). The van der Waals surface area contributed by atoms with Crippen molar-refractivity contribution in [3.8, 4) is 0 Å². The van der Waals surface area contributed by atoms with Crippen LogP contribution in [0.2, 0.25) is 0 Å². The van der Waals surface area contributed by atoms with E-state index in [1.807, 2.05) is 55.5 Å². The monoisotopic (exact) mass is 333 g/mol. The fourth-order valence-corrected chi connectivity index (χ4v) is 3.53. The van der Waals surface area contributed by atoms with Gasteiger partial charge >= 0.3 is 0 Å². The third-order valence-electron chi connectivity index (χ3n) is 3.89. The van der Waals surface area contributed by atoms with Crippen LogP contribution in [0.15, 0.2) is 70.5 Å². The van der Waals surface area contributed by atoms with Crippen molar-refractivity contribution < 1.29 is 0 Å². The second-order valence-electron chi connectivity index (χ2n) is 5.57. The minimum atomic E-state index is -0.102. The number of para-hydroxylation sites is 2. The second-order valence-corrected chi connectivity index (χ2v) is 6.93. The first-order valence-corrected chi connectivity index (χ1v) is 8.60. The van der Waals surface area contributed by atoms with Crippen molar-refractivity contribution in [3.05, 3.63) is 76.8 Å². The van der Waals surface area contributed by atoms with Gasteiger partial charge in [0, 0.05) is 5.39 Å². The maximum atomic E-state index is 12.2. The van der Waals surface area contributed by atoms with E-state index in [-0.39, 0.29) is 10.8 Å². The SMILES string of the molecule is CC(Sc1ccc2ccccc2n1)c1nc2ccccc2c(=O)[nH]1. The Morgan fingerprint density at radius 2 is 1.67 bits per heavy atom. The highest BCUT2D eigenvalue weighted by Gasteiger charge is 2.13. The van der Waals surface area contributed by atoms with Gasteiger partial charge in [0.15, 0.2) is 0 Å². The average Bonchev–Trinajstić information content (AvgIpc) is 2.61. The number of thioether (sulfide) groups is 1. The van der Waals surface area contributed by atoms with E-state index in [4.69, 9.17) is 0 Å². The number of H-pyrrole nitrogens is 1. The van der Waals surface area contributed by atoms with Crippen LogP contribution in [0.3, 0.4) is 0 Å². The van der Waals surface area contributed by atoms with Crippen LogP contribution in [0, 0.1) is 0 Å². The molecule has 1 atom stereocenters. The third kappa shape index (κ3) is 2.78. The average molecular weight is 333 g/mol. The lowest BCUT2D eigenvalue weighted by Crippen LogP contribution is -2.12. The lowest BCUT2D eigenvalue weighted by Gasteiger charge is -2.11. The van der Waals surface area contributed by atoms with Gasteiger partial charge in [0.1, 0.15) is 5.82 Å². The Bertz CT molecular complexity index is 1090.